The molecule has 4 heteroatoms. The highest BCUT2D eigenvalue weighted by Crippen LogP contribution is 2.51. The first kappa shape index (κ1) is 12.9. The third-order valence-corrected chi connectivity index (χ3v) is 12.9. The molecule has 0 radical (unpaired) electrons. The second-order valence-electron chi connectivity index (χ2n) is 4.95. The van der Waals surface area contributed by atoms with Crippen molar-refractivity contribution < 1.29 is 0 Å². The third kappa shape index (κ3) is 2.94. The predicted molar refractivity (Wildman–Crippen MR) is 73.9 cm³/mol. The van der Waals surface area contributed by atoms with E-state index in [9.17, 15) is 0 Å². The molecule has 0 aromatic rings. The monoisotopic (exact) mass is 249 g/mol. The summed E-state index contributed by atoms with van der Waals surface area (Å²) < 4.78 is 0.560. The zero-order valence-electron chi connectivity index (χ0n) is 9.64. The Morgan fingerprint density at radius 3 is 2.21 bits per heavy atom. The number of nitrogens with two attached hydrogens (primary N) is 1. The maximum absolute atomic E-state index is 5.64. The van der Waals surface area contributed by atoms with Crippen LogP contribution in [0.1, 0.15) is 19.3 Å². The molecule has 0 unspecified atom stereocenters. The van der Waals surface area contributed by atoms with Crippen molar-refractivity contribution in [2.75, 3.05) is 18.1 Å². The SMILES string of the molecule is C[Si](C)(C)C1(CCCN)SCCCS1. The van der Waals surface area contributed by atoms with E-state index in [4.69, 9.17) is 5.73 Å². The Morgan fingerprint density at radius 1 is 1.21 bits per heavy atom. The van der Waals surface area contributed by atoms with Crippen LogP contribution in [0.4, 0.5) is 0 Å². The second kappa shape index (κ2) is 5.28. The number of hydrogen-bond donors (Lipinski definition) is 1. The van der Waals surface area contributed by atoms with Crippen LogP contribution in [0, 0.1) is 0 Å². The zero-order chi connectivity index (χ0) is 10.7. The summed E-state index contributed by atoms with van der Waals surface area (Å²) in [7, 11) is -1.07. The smallest absolute Gasteiger partial charge is 0.0752 e. The molecule has 0 spiro atoms. The summed E-state index contributed by atoms with van der Waals surface area (Å²) in [4.78, 5) is 0. The van der Waals surface area contributed by atoms with Crippen molar-refractivity contribution in [1.29, 1.82) is 0 Å². The molecule has 1 aliphatic rings. The van der Waals surface area contributed by atoms with E-state index in [0.717, 1.165) is 6.54 Å². The Bertz CT molecular complexity index is 173. The molecule has 2 N–H and O–H groups in total. The van der Waals surface area contributed by atoms with Crippen molar-refractivity contribution in [3.8, 4) is 0 Å². The fourth-order valence-electron chi connectivity index (χ4n) is 1.86. The molecule has 1 aliphatic heterocycles. The molecule has 0 aromatic carbocycles. The molecule has 1 saturated heterocycles. The lowest BCUT2D eigenvalue weighted by atomic mass is 10.3. The summed E-state index contributed by atoms with van der Waals surface area (Å²) in [6.07, 6.45) is 3.92. The van der Waals surface area contributed by atoms with E-state index >= 15 is 0 Å². The first-order valence-corrected chi connectivity index (χ1v) is 11.0. The van der Waals surface area contributed by atoms with Gasteiger partial charge in [-0.15, -0.1) is 23.5 Å². The number of thioether (sulfide) groups is 2. The van der Waals surface area contributed by atoms with Gasteiger partial charge in [0.15, 0.2) is 0 Å². The lowest BCUT2D eigenvalue weighted by Gasteiger charge is -2.45. The third-order valence-electron chi connectivity index (χ3n) is 2.81. The van der Waals surface area contributed by atoms with Crippen molar-refractivity contribution in [2.45, 2.75) is 42.6 Å². The molecule has 1 heterocycles. The fourth-order valence-corrected chi connectivity index (χ4v) is 9.70. The fraction of sp³-hybridized carbons (Fsp3) is 1.00. The summed E-state index contributed by atoms with van der Waals surface area (Å²) in [6.45, 7) is 8.38. The summed E-state index contributed by atoms with van der Waals surface area (Å²) >= 11 is 4.45. The number of rotatable bonds is 4. The molecular weight excluding hydrogens is 226 g/mol. The van der Waals surface area contributed by atoms with Crippen molar-refractivity contribution in [3.05, 3.63) is 0 Å². The van der Waals surface area contributed by atoms with Crippen LogP contribution in [-0.2, 0) is 0 Å². The van der Waals surface area contributed by atoms with Crippen LogP contribution in [0.3, 0.4) is 0 Å². The van der Waals surface area contributed by atoms with Gasteiger partial charge in [0.2, 0.25) is 0 Å². The van der Waals surface area contributed by atoms with Crippen molar-refractivity contribution in [1.82, 2.24) is 0 Å². The highest BCUT2D eigenvalue weighted by Gasteiger charge is 2.44. The van der Waals surface area contributed by atoms with Gasteiger partial charge in [-0.3, -0.25) is 0 Å². The van der Waals surface area contributed by atoms with Gasteiger partial charge in [0.1, 0.15) is 0 Å². The van der Waals surface area contributed by atoms with Gasteiger partial charge in [0, 0.05) is 0 Å². The average Bonchev–Trinajstić information content (AvgIpc) is 2.14. The van der Waals surface area contributed by atoms with E-state index in [1.54, 1.807) is 0 Å². The van der Waals surface area contributed by atoms with E-state index in [2.05, 4.69) is 43.2 Å². The Hall–Kier alpha value is 0.877. The van der Waals surface area contributed by atoms with Gasteiger partial charge in [-0.05, 0) is 37.3 Å². The lowest BCUT2D eigenvalue weighted by molar-refractivity contribution is 0.755. The quantitative estimate of drug-likeness (QED) is 0.775. The molecule has 84 valence electrons. The van der Waals surface area contributed by atoms with E-state index in [1.807, 2.05) is 0 Å². The van der Waals surface area contributed by atoms with Gasteiger partial charge in [0.25, 0.3) is 0 Å². The van der Waals surface area contributed by atoms with Crippen LogP contribution in [0.15, 0.2) is 0 Å². The van der Waals surface area contributed by atoms with Gasteiger partial charge in [-0.2, -0.15) is 0 Å². The van der Waals surface area contributed by atoms with E-state index in [-0.39, 0.29) is 0 Å². The minimum atomic E-state index is -1.07. The maximum Gasteiger partial charge on any atom is 0.0752 e. The first-order valence-electron chi connectivity index (χ1n) is 5.50. The summed E-state index contributed by atoms with van der Waals surface area (Å²) in [6, 6.07) is 0. The molecule has 0 bridgehead atoms. The Morgan fingerprint density at radius 2 is 1.79 bits per heavy atom. The molecule has 0 aromatic heterocycles. The van der Waals surface area contributed by atoms with Gasteiger partial charge < -0.3 is 5.73 Å². The molecule has 0 aliphatic carbocycles. The van der Waals surface area contributed by atoms with Gasteiger partial charge in [0.05, 0.1) is 11.8 Å². The summed E-state index contributed by atoms with van der Waals surface area (Å²) in [5.74, 6) is 2.73. The molecule has 14 heavy (non-hydrogen) atoms. The van der Waals surface area contributed by atoms with Crippen molar-refractivity contribution in [3.63, 3.8) is 0 Å². The molecule has 1 fully saturated rings. The topological polar surface area (TPSA) is 26.0 Å². The van der Waals surface area contributed by atoms with Crippen LogP contribution in [-0.4, -0.2) is 29.8 Å². The second-order valence-corrected chi connectivity index (χ2v) is 14.1. The van der Waals surface area contributed by atoms with Crippen LogP contribution in [0.5, 0.6) is 0 Å². The van der Waals surface area contributed by atoms with E-state index in [1.165, 1.54) is 30.8 Å². The largest absolute Gasteiger partial charge is 0.330 e. The van der Waals surface area contributed by atoms with Crippen molar-refractivity contribution >= 4 is 31.6 Å². The predicted octanol–water partition coefficient (Wildman–Crippen LogP) is 3.17. The molecule has 0 amide bonds. The zero-order valence-corrected chi connectivity index (χ0v) is 12.3. The van der Waals surface area contributed by atoms with Crippen LogP contribution < -0.4 is 5.73 Å². The lowest BCUT2D eigenvalue weighted by Crippen LogP contribution is -2.48. The van der Waals surface area contributed by atoms with E-state index in [0.29, 0.717) is 3.70 Å². The summed E-state index contributed by atoms with van der Waals surface area (Å²) in [5, 5.41) is 0. The maximum atomic E-state index is 5.64. The normalized spacial score (nSPS) is 22.3. The standard InChI is InChI=1S/C10H23NS2Si/c1-14(2,3)10(6-4-7-11)12-8-5-9-13-10/h4-9,11H2,1-3H3. The first-order chi connectivity index (χ1) is 6.52. The molecule has 0 saturated carbocycles. The molecule has 1 rings (SSSR count). The molecular formula is C10H23NS2Si. The average molecular weight is 250 g/mol. The number of hydrogen-bond acceptors (Lipinski definition) is 3. The Kier molecular flexibility index (Phi) is 4.88. The Labute approximate surface area is 98.0 Å². The minimum Gasteiger partial charge on any atom is -0.330 e. The van der Waals surface area contributed by atoms with Crippen LogP contribution in [0.25, 0.3) is 0 Å². The highest BCUT2D eigenvalue weighted by atomic mass is 32.2. The van der Waals surface area contributed by atoms with E-state index < -0.39 is 8.07 Å². The molecule has 0 atom stereocenters. The van der Waals surface area contributed by atoms with Crippen molar-refractivity contribution in [2.24, 2.45) is 5.73 Å². The van der Waals surface area contributed by atoms with Crippen LogP contribution >= 0.6 is 23.5 Å². The highest BCUT2D eigenvalue weighted by molar-refractivity contribution is 8.21. The van der Waals surface area contributed by atoms with Crippen LogP contribution in [0.2, 0.25) is 19.6 Å². The van der Waals surface area contributed by atoms with Gasteiger partial charge in [-0.1, -0.05) is 19.6 Å². The minimum absolute atomic E-state index is 0.560. The van der Waals surface area contributed by atoms with Gasteiger partial charge >= 0.3 is 0 Å². The summed E-state index contributed by atoms with van der Waals surface area (Å²) in [5.41, 5.74) is 5.64. The Balaban J connectivity index is 2.67. The van der Waals surface area contributed by atoms with Gasteiger partial charge in [-0.25, -0.2) is 0 Å². The molecule has 1 nitrogen and oxygen atoms in total.